The van der Waals surface area contributed by atoms with Crippen molar-refractivity contribution in [2.24, 2.45) is 0 Å². The molecule has 0 saturated carbocycles. The SMILES string of the molecule is Cc1ccn(-c2ccc(N3CCN(c4cc(C#N)ccn4)CC3)nn2)n1. The highest BCUT2D eigenvalue weighted by Crippen LogP contribution is 2.18. The number of pyridine rings is 1. The van der Waals surface area contributed by atoms with E-state index >= 15 is 0 Å². The van der Waals surface area contributed by atoms with Crippen LogP contribution in [0.5, 0.6) is 0 Å². The van der Waals surface area contributed by atoms with Crippen LogP contribution >= 0.6 is 0 Å². The van der Waals surface area contributed by atoms with Crippen LogP contribution in [0.15, 0.2) is 42.7 Å². The molecule has 8 nitrogen and oxygen atoms in total. The van der Waals surface area contributed by atoms with Gasteiger partial charge in [-0.05, 0) is 37.3 Å². The molecule has 0 N–H and O–H groups in total. The van der Waals surface area contributed by atoms with Gasteiger partial charge in [-0.3, -0.25) is 0 Å². The summed E-state index contributed by atoms with van der Waals surface area (Å²) in [5.41, 5.74) is 1.58. The Hall–Kier alpha value is -3.47. The van der Waals surface area contributed by atoms with Crippen molar-refractivity contribution in [3.8, 4) is 11.9 Å². The first-order valence-corrected chi connectivity index (χ1v) is 8.45. The molecule has 8 heteroatoms. The lowest BCUT2D eigenvalue weighted by atomic mass is 10.2. The lowest BCUT2D eigenvalue weighted by Crippen LogP contribution is -2.47. The van der Waals surface area contributed by atoms with Crippen molar-refractivity contribution in [1.29, 1.82) is 5.26 Å². The molecule has 0 atom stereocenters. The van der Waals surface area contributed by atoms with Gasteiger partial charge in [0.2, 0.25) is 0 Å². The van der Waals surface area contributed by atoms with Crippen LogP contribution in [-0.2, 0) is 0 Å². The van der Waals surface area contributed by atoms with Gasteiger partial charge in [0, 0.05) is 38.6 Å². The molecule has 0 amide bonds. The first-order valence-electron chi connectivity index (χ1n) is 8.45. The van der Waals surface area contributed by atoms with E-state index in [2.05, 4.69) is 36.1 Å². The highest BCUT2D eigenvalue weighted by atomic mass is 15.4. The molecule has 4 heterocycles. The molecule has 26 heavy (non-hydrogen) atoms. The van der Waals surface area contributed by atoms with E-state index < -0.39 is 0 Å². The summed E-state index contributed by atoms with van der Waals surface area (Å²) in [4.78, 5) is 8.76. The van der Waals surface area contributed by atoms with E-state index in [-0.39, 0.29) is 0 Å². The number of rotatable bonds is 3. The molecular weight excluding hydrogens is 328 g/mol. The van der Waals surface area contributed by atoms with E-state index in [1.54, 1.807) is 16.9 Å². The second-order valence-electron chi connectivity index (χ2n) is 6.14. The standard InChI is InChI=1S/C18H18N8/c1-14-5-7-26(23-14)17-3-2-16(21-22-17)24-8-10-25(11-9-24)18-12-15(13-19)4-6-20-18/h2-7,12H,8-11H2,1H3. The normalized spacial score (nSPS) is 14.3. The third-order valence-corrected chi connectivity index (χ3v) is 4.40. The number of piperazine rings is 1. The van der Waals surface area contributed by atoms with Gasteiger partial charge in [-0.15, -0.1) is 10.2 Å². The van der Waals surface area contributed by atoms with E-state index in [1.165, 1.54) is 0 Å². The molecule has 0 unspecified atom stereocenters. The minimum absolute atomic E-state index is 0.632. The number of aryl methyl sites for hydroxylation is 1. The largest absolute Gasteiger partial charge is 0.353 e. The van der Waals surface area contributed by atoms with Crippen molar-refractivity contribution in [2.45, 2.75) is 6.92 Å². The zero-order valence-electron chi connectivity index (χ0n) is 14.4. The highest BCUT2D eigenvalue weighted by Gasteiger charge is 2.19. The van der Waals surface area contributed by atoms with Gasteiger partial charge in [-0.2, -0.15) is 10.4 Å². The summed E-state index contributed by atoms with van der Waals surface area (Å²) in [6.07, 6.45) is 3.56. The van der Waals surface area contributed by atoms with E-state index in [0.717, 1.165) is 43.5 Å². The molecule has 3 aromatic heterocycles. The zero-order valence-corrected chi connectivity index (χ0v) is 14.4. The number of nitrogens with zero attached hydrogens (tertiary/aromatic N) is 8. The Kier molecular flexibility index (Phi) is 4.19. The number of nitriles is 1. The van der Waals surface area contributed by atoms with E-state index in [1.807, 2.05) is 37.4 Å². The molecule has 0 aliphatic carbocycles. The molecule has 130 valence electrons. The Morgan fingerprint density at radius 1 is 0.923 bits per heavy atom. The van der Waals surface area contributed by atoms with Crippen LogP contribution in [0, 0.1) is 18.3 Å². The van der Waals surface area contributed by atoms with Gasteiger partial charge in [0.1, 0.15) is 5.82 Å². The van der Waals surface area contributed by atoms with E-state index in [9.17, 15) is 0 Å². The summed E-state index contributed by atoms with van der Waals surface area (Å²) in [5.74, 6) is 2.41. The van der Waals surface area contributed by atoms with Crippen LogP contribution in [0.2, 0.25) is 0 Å². The number of hydrogen-bond acceptors (Lipinski definition) is 7. The Morgan fingerprint density at radius 3 is 2.23 bits per heavy atom. The lowest BCUT2D eigenvalue weighted by molar-refractivity contribution is 0.636. The summed E-state index contributed by atoms with van der Waals surface area (Å²) >= 11 is 0. The Labute approximate surface area is 151 Å². The molecule has 0 radical (unpaired) electrons. The minimum Gasteiger partial charge on any atom is -0.353 e. The maximum Gasteiger partial charge on any atom is 0.175 e. The quantitative estimate of drug-likeness (QED) is 0.711. The van der Waals surface area contributed by atoms with Gasteiger partial charge >= 0.3 is 0 Å². The van der Waals surface area contributed by atoms with Gasteiger partial charge in [0.25, 0.3) is 0 Å². The first-order chi connectivity index (χ1) is 12.7. The fraction of sp³-hybridized carbons (Fsp3) is 0.278. The molecule has 1 fully saturated rings. The molecule has 4 rings (SSSR count). The monoisotopic (exact) mass is 346 g/mol. The van der Waals surface area contributed by atoms with Crippen molar-refractivity contribution >= 4 is 11.6 Å². The van der Waals surface area contributed by atoms with Gasteiger partial charge in [-0.25, -0.2) is 9.67 Å². The van der Waals surface area contributed by atoms with Gasteiger partial charge in [0.05, 0.1) is 17.3 Å². The molecule has 1 saturated heterocycles. The maximum absolute atomic E-state index is 9.03. The Bertz CT molecular complexity index is 932. The third kappa shape index (κ3) is 3.19. The van der Waals surface area contributed by atoms with Gasteiger partial charge in [-0.1, -0.05) is 0 Å². The minimum atomic E-state index is 0.632. The lowest BCUT2D eigenvalue weighted by Gasteiger charge is -2.35. The summed E-state index contributed by atoms with van der Waals surface area (Å²) in [6.45, 7) is 5.24. The second-order valence-corrected chi connectivity index (χ2v) is 6.14. The van der Waals surface area contributed by atoms with Crippen LogP contribution in [0.4, 0.5) is 11.6 Å². The van der Waals surface area contributed by atoms with Crippen molar-refractivity contribution in [2.75, 3.05) is 36.0 Å². The highest BCUT2D eigenvalue weighted by molar-refractivity contribution is 5.48. The molecular formula is C18H18N8. The summed E-state index contributed by atoms with van der Waals surface area (Å²) in [7, 11) is 0. The molecule has 0 bridgehead atoms. The fourth-order valence-electron chi connectivity index (χ4n) is 2.98. The van der Waals surface area contributed by atoms with Crippen molar-refractivity contribution in [3.05, 3.63) is 54.0 Å². The predicted molar refractivity (Wildman–Crippen MR) is 97.3 cm³/mol. The van der Waals surface area contributed by atoms with Crippen molar-refractivity contribution in [3.63, 3.8) is 0 Å². The van der Waals surface area contributed by atoms with Gasteiger partial charge in [0.15, 0.2) is 11.6 Å². The summed E-state index contributed by atoms with van der Waals surface area (Å²) in [5, 5.41) is 22.0. The van der Waals surface area contributed by atoms with Crippen molar-refractivity contribution in [1.82, 2.24) is 25.0 Å². The third-order valence-electron chi connectivity index (χ3n) is 4.40. The van der Waals surface area contributed by atoms with Crippen LogP contribution in [0.1, 0.15) is 11.3 Å². The molecule has 1 aliphatic rings. The van der Waals surface area contributed by atoms with Crippen LogP contribution in [0.3, 0.4) is 0 Å². The van der Waals surface area contributed by atoms with E-state index in [4.69, 9.17) is 5.26 Å². The van der Waals surface area contributed by atoms with Crippen molar-refractivity contribution < 1.29 is 0 Å². The summed E-state index contributed by atoms with van der Waals surface area (Å²) < 4.78 is 1.72. The molecule has 0 aromatic carbocycles. The summed E-state index contributed by atoms with van der Waals surface area (Å²) in [6, 6.07) is 11.5. The van der Waals surface area contributed by atoms with Crippen LogP contribution < -0.4 is 9.80 Å². The topological polar surface area (TPSA) is 86.8 Å². The Balaban J connectivity index is 1.42. The zero-order chi connectivity index (χ0) is 17.9. The Morgan fingerprint density at radius 2 is 1.62 bits per heavy atom. The fourth-order valence-corrected chi connectivity index (χ4v) is 2.98. The second kappa shape index (κ2) is 6.80. The van der Waals surface area contributed by atoms with Crippen LogP contribution in [0.25, 0.3) is 5.82 Å². The average Bonchev–Trinajstić information content (AvgIpc) is 3.15. The number of aromatic nitrogens is 5. The average molecular weight is 346 g/mol. The molecule has 0 spiro atoms. The molecule has 1 aliphatic heterocycles. The number of hydrogen-bond donors (Lipinski definition) is 0. The predicted octanol–water partition coefficient (Wildman–Crippen LogP) is 1.56. The first kappa shape index (κ1) is 16.0. The smallest absolute Gasteiger partial charge is 0.175 e. The van der Waals surface area contributed by atoms with Gasteiger partial charge < -0.3 is 9.80 Å². The van der Waals surface area contributed by atoms with Crippen LogP contribution in [-0.4, -0.2) is 51.1 Å². The molecule has 3 aromatic rings. The maximum atomic E-state index is 9.03. The number of anilines is 2. The van der Waals surface area contributed by atoms with E-state index in [0.29, 0.717) is 11.4 Å².